The van der Waals surface area contributed by atoms with Crippen molar-refractivity contribution < 1.29 is 19.5 Å². The van der Waals surface area contributed by atoms with Crippen molar-refractivity contribution in [3.63, 3.8) is 0 Å². The van der Waals surface area contributed by atoms with Crippen LogP contribution in [0.3, 0.4) is 0 Å². The van der Waals surface area contributed by atoms with Crippen molar-refractivity contribution >= 4 is 29.1 Å². The molecule has 6 heteroatoms. The van der Waals surface area contributed by atoms with Crippen molar-refractivity contribution in [2.75, 3.05) is 6.54 Å². The summed E-state index contributed by atoms with van der Waals surface area (Å²) in [5, 5.41) is 12.8. The third kappa shape index (κ3) is 2.23. The number of imide groups is 1. The minimum absolute atomic E-state index is 0.154. The number of carbonyl (C=O) groups is 3. The van der Waals surface area contributed by atoms with Crippen LogP contribution in [0.15, 0.2) is 41.1 Å². The quantitative estimate of drug-likeness (QED) is 0.879. The molecule has 0 saturated heterocycles. The molecule has 2 aromatic rings. The van der Waals surface area contributed by atoms with Crippen LogP contribution < -0.4 is 0 Å². The van der Waals surface area contributed by atoms with Gasteiger partial charge in [-0.2, -0.15) is 11.3 Å². The topological polar surface area (TPSA) is 74.7 Å². The van der Waals surface area contributed by atoms with E-state index < -0.39 is 23.7 Å². The summed E-state index contributed by atoms with van der Waals surface area (Å²) in [6.07, 6.45) is 0. The first-order valence-electron chi connectivity index (χ1n) is 6.29. The monoisotopic (exact) mass is 301 g/mol. The molecular formula is C15H11NO4S. The zero-order valence-electron chi connectivity index (χ0n) is 10.9. The van der Waals surface area contributed by atoms with Crippen molar-refractivity contribution in [3.8, 4) is 0 Å². The zero-order chi connectivity index (χ0) is 15.0. The molecule has 3 rings (SSSR count). The molecule has 2 heterocycles. The molecule has 0 saturated carbocycles. The van der Waals surface area contributed by atoms with E-state index in [1.807, 2.05) is 0 Å². The van der Waals surface area contributed by atoms with Gasteiger partial charge in [0.05, 0.1) is 11.1 Å². The molecule has 1 N–H and O–H groups in total. The summed E-state index contributed by atoms with van der Waals surface area (Å²) in [7, 11) is 0. The first kappa shape index (κ1) is 13.5. The Hall–Kier alpha value is -2.47. The molecule has 1 aliphatic heterocycles. The number of thiophene rings is 1. The summed E-state index contributed by atoms with van der Waals surface area (Å²) in [6.45, 7) is -0.154. The van der Waals surface area contributed by atoms with Crippen molar-refractivity contribution in [2.45, 2.75) is 5.92 Å². The van der Waals surface area contributed by atoms with Gasteiger partial charge in [-0.05, 0) is 34.5 Å². The Bertz CT molecular complexity index is 688. The van der Waals surface area contributed by atoms with E-state index in [0.29, 0.717) is 16.7 Å². The number of hydrogen-bond donors (Lipinski definition) is 1. The molecule has 0 radical (unpaired) electrons. The van der Waals surface area contributed by atoms with Crippen molar-refractivity contribution in [1.82, 2.24) is 4.90 Å². The number of carboxylic acid groups (broad SMARTS) is 1. The Morgan fingerprint density at radius 2 is 1.76 bits per heavy atom. The lowest BCUT2D eigenvalue weighted by molar-refractivity contribution is -0.138. The predicted octanol–water partition coefficient (Wildman–Crippen LogP) is 2.21. The Labute approximate surface area is 124 Å². The molecular weight excluding hydrogens is 290 g/mol. The van der Waals surface area contributed by atoms with Gasteiger partial charge in [0.25, 0.3) is 11.8 Å². The lowest BCUT2D eigenvalue weighted by atomic mass is 10.0. The molecule has 1 aromatic carbocycles. The number of aliphatic carboxylic acids is 1. The Balaban J connectivity index is 1.90. The fourth-order valence-electron chi connectivity index (χ4n) is 2.39. The number of rotatable bonds is 4. The van der Waals surface area contributed by atoms with Crippen LogP contribution in [0.5, 0.6) is 0 Å². The van der Waals surface area contributed by atoms with E-state index in [1.54, 1.807) is 41.1 Å². The molecule has 21 heavy (non-hydrogen) atoms. The summed E-state index contributed by atoms with van der Waals surface area (Å²) in [4.78, 5) is 36.9. The Morgan fingerprint density at radius 1 is 1.14 bits per heavy atom. The van der Waals surface area contributed by atoms with E-state index in [0.717, 1.165) is 4.90 Å². The average molecular weight is 301 g/mol. The highest BCUT2D eigenvalue weighted by molar-refractivity contribution is 7.08. The van der Waals surface area contributed by atoms with Gasteiger partial charge in [-0.25, -0.2) is 0 Å². The highest BCUT2D eigenvalue weighted by Gasteiger charge is 2.38. The maximum absolute atomic E-state index is 12.2. The van der Waals surface area contributed by atoms with Crippen LogP contribution in [0, 0.1) is 0 Å². The van der Waals surface area contributed by atoms with Crippen LogP contribution in [0.25, 0.3) is 0 Å². The number of hydrogen-bond acceptors (Lipinski definition) is 4. The van der Waals surface area contributed by atoms with Gasteiger partial charge in [0, 0.05) is 6.54 Å². The lowest BCUT2D eigenvalue weighted by Crippen LogP contribution is -2.36. The van der Waals surface area contributed by atoms with Gasteiger partial charge < -0.3 is 5.11 Å². The third-order valence-corrected chi connectivity index (χ3v) is 4.19. The third-order valence-electron chi connectivity index (χ3n) is 3.49. The highest BCUT2D eigenvalue weighted by atomic mass is 32.1. The number of fused-ring (bicyclic) bond motifs is 1. The maximum Gasteiger partial charge on any atom is 0.312 e. The van der Waals surface area contributed by atoms with Gasteiger partial charge in [-0.3, -0.25) is 19.3 Å². The second-order valence-corrected chi connectivity index (χ2v) is 5.49. The molecule has 0 fully saturated rings. The van der Waals surface area contributed by atoms with Crippen LogP contribution in [0.2, 0.25) is 0 Å². The number of carboxylic acids is 1. The van der Waals surface area contributed by atoms with Gasteiger partial charge >= 0.3 is 5.97 Å². The Morgan fingerprint density at radius 3 is 2.24 bits per heavy atom. The smallest absolute Gasteiger partial charge is 0.312 e. The van der Waals surface area contributed by atoms with Crippen LogP contribution in [-0.2, 0) is 4.79 Å². The summed E-state index contributed by atoms with van der Waals surface area (Å²) in [5.74, 6) is -2.82. The second kappa shape index (κ2) is 5.14. The molecule has 1 aromatic heterocycles. The van der Waals surface area contributed by atoms with Crippen LogP contribution in [-0.4, -0.2) is 34.3 Å². The molecule has 0 bridgehead atoms. The molecule has 1 atom stereocenters. The van der Waals surface area contributed by atoms with Crippen LogP contribution in [0.1, 0.15) is 32.2 Å². The van der Waals surface area contributed by atoms with E-state index in [1.165, 1.54) is 11.3 Å². The second-order valence-electron chi connectivity index (χ2n) is 4.71. The molecule has 1 unspecified atom stereocenters. The standard InChI is InChI=1S/C15H11NO4S/c17-13-10-3-1-2-4-11(10)14(18)16(13)7-12(15(19)20)9-5-6-21-8-9/h1-6,8,12H,7H2,(H,19,20). The van der Waals surface area contributed by atoms with E-state index in [4.69, 9.17) is 0 Å². The molecule has 1 aliphatic rings. The molecule has 5 nitrogen and oxygen atoms in total. The highest BCUT2D eigenvalue weighted by Crippen LogP contribution is 2.27. The van der Waals surface area contributed by atoms with Gasteiger partial charge in [0.1, 0.15) is 5.92 Å². The first-order chi connectivity index (χ1) is 10.1. The number of amides is 2. The number of nitrogens with zero attached hydrogens (tertiary/aromatic N) is 1. The van der Waals surface area contributed by atoms with E-state index in [-0.39, 0.29) is 6.54 Å². The SMILES string of the molecule is O=C(O)C(CN1C(=O)c2ccccc2C1=O)c1ccsc1. The van der Waals surface area contributed by atoms with E-state index in [9.17, 15) is 19.5 Å². The summed E-state index contributed by atoms with van der Waals surface area (Å²) in [5.41, 5.74) is 1.26. The number of carbonyl (C=O) groups excluding carboxylic acids is 2. The van der Waals surface area contributed by atoms with E-state index in [2.05, 4.69) is 0 Å². The normalized spacial score (nSPS) is 15.1. The summed E-state index contributed by atoms with van der Waals surface area (Å²) < 4.78 is 0. The maximum atomic E-state index is 12.2. The van der Waals surface area contributed by atoms with Gasteiger partial charge in [0.2, 0.25) is 0 Å². The summed E-state index contributed by atoms with van der Waals surface area (Å²) in [6, 6.07) is 8.22. The number of benzene rings is 1. The first-order valence-corrected chi connectivity index (χ1v) is 7.24. The largest absolute Gasteiger partial charge is 0.481 e. The van der Waals surface area contributed by atoms with Crippen molar-refractivity contribution in [3.05, 3.63) is 57.8 Å². The van der Waals surface area contributed by atoms with Gasteiger partial charge in [0.15, 0.2) is 0 Å². The van der Waals surface area contributed by atoms with Crippen LogP contribution >= 0.6 is 11.3 Å². The van der Waals surface area contributed by atoms with Crippen molar-refractivity contribution in [2.24, 2.45) is 0 Å². The van der Waals surface area contributed by atoms with E-state index >= 15 is 0 Å². The Kier molecular flexibility index (Phi) is 3.31. The fourth-order valence-corrected chi connectivity index (χ4v) is 3.10. The fraction of sp³-hybridized carbons (Fsp3) is 0.133. The van der Waals surface area contributed by atoms with Crippen molar-refractivity contribution in [1.29, 1.82) is 0 Å². The zero-order valence-corrected chi connectivity index (χ0v) is 11.7. The molecule has 106 valence electrons. The van der Waals surface area contributed by atoms with Gasteiger partial charge in [-0.15, -0.1) is 0 Å². The molecule has 0 aliphatic carbocycles. The van der Waals surface area contributed by atoms with Crippen LogP contribution in [0.4, 0.5) is 0 Å². The summed E-state index contributed by atoms with van der Waals surface area (Å²) >= 11 is 1.38. The minimum atomic E-state index is -1.05. The lowest BCUT2D eigenvalue weighted by Gasteiger charge is -2.18. The minimum Gasteiger partial charge on any atom is -0.481 e. The molecule has 0 spiro atoms. The average Bonchev–Trinajstić information content (AvgIpc) is 3.07. The molecule has 2 amide bonds. The predicted molar refractivity (Wildman–Crippen MR) is 76.5 cm³/mol. The van der Waals surface area contributed by atoms with Gasteiger partial charge in [-0.1, -0.05) is 12.1 Å².